The van der Waals surface area contributed by atoms with Crippen molar-refractivity contribution in [1.29, 1.82) is 0 Å². The second-order valence-electron chi connectivity index (χ2n) is 3.25. The number of aromatic nitrogens is 2. The van der Waals surface area contributed by atoms with Crippen molar-refractivity contribution < 1.29 is 14.3 Å². The molecule has 2 aromatic rings. The second kappa shape index (κ2) is 4.45. The van der Waals surface area contributed by atoms with Crippen LogP contribution in [0.1, 0.15) is 5.76 Å². The maximum absolute atomic E-state index is 10.5. The Kier molecular flexibility index (Phi) is 2.98. The lowest BCUT2D eigenvalue weighted by Gasteiger charge is -1.91. The molecule has 2 heterocycles. The van der Waals surface area contributed by atoms with Crippen molar-refractivity contribution >= 4 is 23.3 Å². The van der Waals surface area contributed by atoms with E-state index in [2.05, 4.69) is 5.10 Å². The van der Waals surface area contributed by atoms with Gasteiger partial charge in [-0.05, 0) is 11.0 Å². The molecule has 10 heteroatoms. The van der Waals surface area contributed by atoms with Gasteiger partial charge in [-0.15, -0.1) is 0 Å². The molecule has 0 aliphatic carbocycles. The van der Waals surface area contributed by atoms with Crippen LogP contribution >= 0.6 is 11.6 Å². The number of nitro groups is 2. The highest BCUT2D eigenvalue weighted by Gasteiger charge is 2.20. The highest BCUT2D eigenvalue weighted by atomic mass is 35.5. The lowest BCUT2D eigenvalue weighted by Crippen LogP contribution is -2.00. The standard InChI is InChI=1S/C8H5ClN4O5/c9-6-4-11(10-8(6)13(16)17)3-5-1-2-7(18-5)12(14)15/h1-2,4H,3H2. The molecule has 0 radical (unpaired) electrons. The fourth-order valence-corrected chi connectivity index (χ4v) is 1.52. The van der Waals surface area contributed by atoms with Crippen molar-refractivity contribution in [2.24, 2.45) is 0 Å². The molecule has 0 saturated heterocycles. The first-order chi connectivity index (χ1) is 8.47. The smallest absolute Gasteiger partial charge is 0.404 e. The van der Waals surface area contributed by atoms with E-state index >= 15 is 0 Å². The number of halogens is 1. The summed E-state index contributed by atoms with van der Waals surface area (Å²) in [6.07, 6.45) is 1.24. The molecular weight excluding hydrogens is 268 g/mol. The zero-order valence-electron chi connectivity index (χ0n) is 8.65. The summed E-state index contributed by atoms with van der Waals surface area (Å²) in [7, 11) is 0. The van der Waals surface area contributed by atoms with E-state index in [1.165, 1.54) is 23.0 Å². The summed E-state index contributed by atoms with van der Waals surface area (Å²) < 4.78 is 6.06. The molecule has 0 aliphatic heterocycles. The molecule has 0 aromatic carbocycles. The van der Waals surface area contributed by atoms with Gasteiger partial charge in [0.15, 0.2) is 5.02 Å². The topological polar surface area (TPSA) is 117 Å². The van der Waals surface area contributed by atoms with Crippen LogP contribution in [0, 0.1) is 20.2 Å². The number of furan rings is 1. The zero-order chi connectivity index (χ0) is 13.3. The molecule has 2 aromatic heterocycles. The van der Waals surface area contributed by atoms with E-state index in [0.717, 1.165) is 0 Å². The fraction of sp³-hybridized carbons (Fsp3) is 0.125. The molecular formula is C8H5ClN4O5. The number of hydrogen-bond acceptors (Lipinski definition) is 6. The van der Waals surface area contributed by atoms with Crippen molar-refractivity contribution in [3.63, 3.8) is 0 Å². The van der Waals surface area contributed by atoms with E-state index in [9.17, 15) is 20.2 Å². The van der Waals surface area contributed by atoms with Crippen LogP contribution in [0.15, 0.2) is 22.7 Å². The van der Waals surface area contributed by atoms with Gasteiger partial charge in [-0.2, -0.15) is 4.68 Å². The zero-order valence-corrected chi connectivity index (χ0v) is 9.40. The summed E-state index contributed by atoms with van der Waals surface area (Å²) in [4.78, 5) is 19.5. The van der Waals surface area contributed by atoms with Crippen LogP contribution < -0.4 is 0 Å². The van der Waals surface area contributed by atoms with Gasteiger partial charge in [-0.1, -0.05) is 11.6 Å². The quantitative estimate of drug-likeness (QED) is 0.620. The Labute approximate surface area is 104 Å². The third-order valence-corrected chi connectivity index (χ3v) is 2.28. The lowest BCUT2D eigenvalue weighted by atomic mass is 10.4. The molecule has 9 nitrogen and oxygen atoms in total. The molecule has 0 saturated carbocycles. The number of hydrogen-bond donors (Lipinski definition) is 0. The summed E-state index contributed by atoms with van der Waals surface area (Å²) in [6, 6.07) is 2.58. The van der Waals surface area contributed by atoms with Crippen molar-refractivity contribution in [3.8, 4) is 0 Å². The molecule has 0 spiro atoms. The van der Waals surface area contributed by atoms with Crippen molar-refractivity contribution in [2.45, 2.75) is 6.54 Å². The van der Waals surface area contributed by atoms with Crippen LogP contribution in [-0.2, 0) is 6.54 Å². The van der Waals surface area contributed by atoms with E-state index in [0.29, 0.717) is 0 Å². The van der Waals surface area contributed by atoms with Crippen LogP contribution in [-0.4, -0.2) is 19.6 Å². The van der Waals surface area contributed by atoms with Gasteiger partial charge in [-0.25, -0.2) is 0 Å². The lowest BCUT2D eigenvalue weighted by molar-refractivity contribution is -0.402. The highest BCUT2D eigenvalue weighted by Crippen LogP contribution is 2.23. The predicted octanol–water partition coefficient (Wildman–Crippen LogP) is 1.99. The number of nitrogens with zero attached hydrogens (tertiary/aromatic N) is 4. The highest BCUT2D eigenvalue weighted by molar-refractivity contribution is 6.32. The Morgan fingerprint density at radius 1 is 1.33 bits per heavy atom. The third kappa shape index (κ3) is 2.30. The normalized spacial score (nSPS) is 10.5. The van der Waals surface area contributed by atoms with Crippen molar-refractivity contribution in [3.05, 3.63) is 49.3 Å². The van der Waals surface area contributed by atoms with Crippen LogP contribution in [0.5, 0.6) is 0 Å². The summed E-state index contributed by atoms with van der Waals surface area (Å²) >= 11 is 5.60. The van der Waals surface area contributed by atoms with Gasteiger partial charge in [0.1, 0.15) is 17.2 Å². The van der Waals surface area contributed by atoms with E-state index in [-0.39, 0.29) is 17.3 Å². The Hall–Kier alpha value is -2.42. The minimum absolute atomic E-state index is 0.0153. The second-order valence-corrected chi connectivity index (χ2v) is 3.66. The predicted molar refractivity (Wildman–Crippen MR) is 58.4 cm³/mol. The van der Waals surface area contributed by atoms with Crippen LogP contribution in [0.25, 0.3) is 0 Å². The first kappa shape index (κ1) is 12.0. The van der Waals surface area contributed by atoms with Gasteiger partial charge in [-0.3, -0.25) is 10.1 Å². The molecule has 18 heavy (non-hydrogen) atoms. The van der Waals surface area contributed by atoms with Gasteiger partial charge in [0.25, 0.3) is 0 Å². The molecule has 0 atom stereocenters. The Morgan fingerprint density at radius 3 is 2.56 bits per heavy atom. The van der Waals surface area contributed by atoms with Crippen molar-refractivity contribution in [1.82, 2.24) is 9.78 Å². The Bertz CT molecular complexity index is 619. The fourth-order valence-electron chi connectivity index (χ4n) is 1.30. The van der Waals surface area contributed by atoms with Gasteiger partial charge in [0.2, 0.25) is 0 Å². The largest absolute Gasteiger partial charge is 0.433 e. The van der Waals surface area contributed by atoms with Gasteiger partial charge >= 0.3 is 11.7 Å². The maximum Gasteiger partial charge on any atom is 0.433 e. The average molecular weight is 273 g/mol. The van der Waals surface area contributed by atoms with Gasteiger partial charge in [0.05, 0.1) is 17.4 Å². The van der Waals surface area contributed by atoms with Gasteiger partial charge in [0, 0.05) is 0 Å². The number of rotatable bonds is 4. The molecule has 0 N–H and O–H groups in total. The van der Waals surface area contributed by atoms with E-state index in [1.54, 1.807) is 0 Å². The van der Waals surface area contributed by atoms with Crippen LogP contribution in [0.3, 0.4) is 0 Å². The minimum atomic E-state index is -0.719. The SMILES string of the molecule is O=[N+]([O-])c1ccc(Cn2cc(Cl)c([N+](=O)[O-])n2)o1. The summed E-state index contributed by atoms with van der Waals surface area (Å²) in [6.45, 7) is 0.0153. The van der Waals surface area contributed by atoms with E-state index in [1.807, 2.05) is 0 Å². The van der Waals surface area contributed by atoms with Crippen LogP contribution in [0.4, 0.5) is 11.7 Å². The van der Waals surface area contributed by atoms with Crippen LogP contribution in [0.2, 0.25) is 5.02 Å². The Balaban J connectivity index is 2.20. The minimum Gasteiger partial charge on any atom is -0.404 e. The van der Waals surface area contributed by atoms with E-state index in [4.69, 9.17) is 16.0 Å². The third-order valence-electron chi connectivity index (χ3n) is 2.02. The molecule has 0 fully saturated rings. The molecule has 0 amide bonds. The molecule has 0 bridgehead atoms. The summed E-state index contributed by atoms with van der Waals surface area (Å²) in [5, 5.41) is 24.4. The monoisotopic (exact) mass is 272 g/mol. The molecule has 94 valence electrons. The maximum atomic E-state index is 10.5. The molecule has 2 rings (SSSR count). The van der Waals surface area contributed by atoms with Crippen molar-refractivity contribution in [2.75, 3.05) is 0 Å². The van der Waals surface area contributed by atoms with Gasteiger partial charge < -0.3 is 14.5 Å². The summed E-state index contributed by atoms with van der Waals surface area (Å²) in [5.41, 5.74) is 0. The molecule has 0 aliphatic rings. The van der Waals surface area contributed by atoms with E-state index < -0.39 is 21.5 Å². The first-order valence-corrected chi connectivity index (χ1v) is 4.95. The summed E-state index contributed by atoms with van der Waals surface area (Å²) in [5.74, 6) is -0.633. The average Bonchev–Trinajstić information content (AvgIpc) is 2.86. The first-order valence-electron chi connectivity index (χ1n) is 4.58. The Morgan fingerprint density at radius 2 is 2.06 bits per heavy atom. The molecule has 0 unspecified atom stereocenters.